The second-order valence-electron chi connectivity index (χ2n) is 7.49. The van der Waals surface area contributed by atoms with E-state index >= 15 is 0 Å². The first-order valence-electron chi connectivity index (χ1n) is 8.50. The van der Waals surface area contributed by atoms with Gasteiger partial charge in [-0.05, 0) is 55.6 Å². The van der Waals surface area contributed by atoms with E-state index in [2.05, 4.69) is 50.4 Å². The molecule has 0 aliphatic heterocycles. The van der Waals surface area contributed by atoms with Crippen molar-refractivity contribution < 1.29 is 4.79 Å². The highest BCUT2D eigenvalue weighted by molar-refractivity contribution is 5.85. The summed E-state index contributed by atoms with van der Waals surface area (Å²) in [5.41, 5.74) is 8.47. The van der Waals surface area contributed by atoms with Gasteiger partial charge in [-0.25, -0.2) is 0 Å². The molecule has 0 spiro atoms. The molecule has 1 aromatic rings. The molecule has 1 aromatic carbocycles. The van der Waals surface area contributed by atoms with Gasteiger partial charge in [0.05, 0.1) is 0 Å². The van der Waals surface area contributed by atoms with Crippen LogP contribution in [0.25, 0.3) is 0 Å². The van der Waals surface area contributed by atoms with E-state index in [0.717, 1.165) is 25.7 Å². The molecule has 0 fully saturated rings. The average molecular weight is 339 g/mol. The monoisotopic (exact) mass is 338 g/mol. The Hall–Kier alpha value is -1.06. The lowest BCUT2D eigenvalue weighted by Gasteiger charge is -2.32. The number of amides is 1. The van der Waals surface area contributed by atoms with Crippen molar-refractivity contribution in [1.82, 2.24) is 5.32 Å². The predicted octanol–water partition coefficient (Wildman–Crippen LogP) is 3.48. The van der Waals surface area contributed by atoms with E-state index in [-0.39, 0.29) is 23.9 Å². The van der Waals surface area contributed by atoms with Gasteiger partial charge < -0.3 is 11.1 Å². The third-order valence-electron chi connectivity index (χ3n) is 4.67. The minimum Gasteiger partial charge on any atom is -0.350 e. The number of nitrogens with one attached hydrogen (secondary N) is 1. The van der Waals surface area contributed by atoms with Gasteiger partial charge in [0.25, 0.3) is 0 Å². The van der Waals surface area contributed by atoms with Crippen molar-refractivity contribution in [2.24, 2.45) is 17.6 Å². The van der Waals surface area contributed by atoms with E-state index in [4.69, 9.17) is 5.73 Å². The second kappa shape index (κ2) is 8.70. The molecular weight excluding hydrogens is 308 g/mol. The zero-order chi connectivity index (χ0) is 16.2. The topological polar surface area (TPSA) is 55.1 Å². The van der Waals surface area contributed by atoms with Crippen LogP contribution in [0.3, 0.4) is 0 Å². The van der Waals surface area contributed by atoms with E-state index in [9.17, 15) is 4.79 Å². The minimum atomic E-state index is -0.280. The van der Waals surface area contributed by atoms with Gasteiger partial charge in [-0.1, -0.05) is 38.1 Å². The van der Waals surface area contributed by atoms with Gasteiger partial charge in [0.15, 0.2) is 0 Å². The Morgan fingerprint density at radius 3 is 2.61 bits per heavy atom. The highest BCUT2D eigenvalue weighted by Gasteiger charge is 2.28. The summed E-state index contributed by atoms with van der Waals surface area (Å²) < 4.78 is 0. The van der Waals surface area contributed by atoms with Gasteiger partial charge in [-0.3, -0.25) is 4.79 Å². The summed E-state index contributed by atoms with van der Waals surface area (Å²) in [6.45, 7) is 6.88. The van der Waals surface area contributed by atoms with Crippen LogP contribution in [0.15, 0.2) is 24.3 Å². The maximum atomic E-state index is 12.4. The number of aryl methyl sites for hydroxylation is 1. The molecule has 0 bridgehead atoms. The molecule has 23 heavy (non-hydrogen) atoms. The normalized spacial score (nSPS) is 19.4. The van der Waals surface area contributed by atoms with Crippen molar-refractivity contribution in [2.45, 2.75) is 58.4 Å². The number of carbonyl (C=O) groups excluding carboxylic acids is 1. The van der Waals surface area contributed by atoms with Gasteiger partial charge in [0, 0.05) is 18.5 Å². The van der Waals surface area contributed by atoms with Crippen LogP contribution in [0.4, 0.5) is 0 Å². The number of fused-ring (bicyclic) bond motifs is 1. The Bertz CT molecular complexity index is 518. The van der Waals surface area contributed by atoms with Crippen LogP contribution in [0, 0.1) is 11.8 Å². The summed E-state index contributed by atoms with van der Waals surface area (Å²) in [6.07, 6.45) is 4.75. The Morgan fingerprint density at radius 1 is 1.35 bits per heavy atom. The SMILES string of the molecule is CC(C)CC(C)(CN)NC(=O)CC1CCc2ccccc2C1.Cl. The minimum absolute atomic E-state index is 0. The quantitative estimate of drug-likeness (QED) is 0.834. The molecule has 1 aliphatic rings. The van der Waals surface area contributed by atoms with Crippen molar-refractivity contribution >= 4 is 18.3 Å². The highest BCUT2D eigenvalue weighted by atomic mass is 35.5. The third-order valence-corrected chi connectivity index (χ3v) is 4.67. The largest absolute Gasteiger partial charge is 0.350 e. The first-order valence-corrected chi connectivity index (χ1v) is 8.50. The highest BCUT2D eigenvalue weighted by Crippen LogP contribution is 2.27. The Kier molecular flexibility index (Phi) is 7.56. The Morgan fingerprint density at radius 2 is 2.00 bits per heavy atom. The van der Waals surface area contributed by atoms with Crippen LogP contribution in [0.5, 0.6) is 0 Å². The van der Waals surface area contributed by atoms with Gasteiger partial charge >= 0.3 is 0 Å². The first kappa shape index (κ1) is 20.0. The smallest absolute Gasteiger partial charge is 0.220 e. The number of benzene rings is 1. The maximum absolute atomic E-state index is 12.4. The number of hydrogen-bond acceptors (Lipinski definition) is 2. The van der Waals surface area contributed by atoms with Crippen molar-refractivity contribution in [3.8, 4) is 0 Å². The van der Waals surface area contributed by atoms with E-state index < -0.39 is 0 Å². The fraction of sp³-hybridized carbons (Fsp3) is 0.632. The molecule has 1 aliphatic carbocycles. The Labute approximate surface area is 146 Å². The van der Waals surface area contributed by atoms with E-state index in [1.807, 2.05) is 0 Å². The summed E-state index contributed by atoms with van der Waals surface area (Å²) in [5, 5.41) is 3.18. The summed E-state index contributed by atoms with van der Waals surface area (Å²) >= 11 is 0. The summed E-state index contributed by atoms with van der Waals surface area (Å²) in [6, 6.07) is 8.60. The van der Waals surface area contributed by atoms with Crippen LogP contribution >= 0.6 is 12.4 Å². The van der Waals surface area contributed by atoms with Crippen molar-refractivity contribution in [2.75, 3.05) is 6.54 Å². The number of rotatable bonds is 6. The number of carbonyl (C=O) groups is 1. The predicted molar refractivity (Wildman–Crippen MR) is 98.9 cm³/mol. The van der Waals surface area contributed by atoms with Crippen LogP contribution in [0.2, 0.25) is 0 Å². The van der Waals surface area contributed by atoms with E-state index in [0.29, 0.717) is 24.8 Å². The molecule has 0 aromatic heterocycles. The van der Waals surface area contributed by atoms with Crippen molar-refractivity contribution in [3.05, 3.63) is 35.4 Å². The summed E-state index contributed by atoms with van der Waals surface area (Å²) in [7, 11) is 0. The molecular formula is C19H31ClN2O. The van der Waals surface area contributed by atoms with Gasteiger partial charge in [0.1, 0.15) is 0 Å². The van der Waals surface area contributed by atoms with Crippen LogP contribution in [-0.4, -0.2) is 18.0 Å². The zero-order valence-corrected chi connectivity index (χ0v) is 15.4. The van der Waals surface area contributed by atoms with E-state index in [1.54, 1.807) is 0 Å². The second-order valence-corrected chi connectivity index (χ2v) is 7.49. The van der Waals surface area contributed by atoms with Crippen LogP contribution < -0.4 is 11.1 Å². The molecule has 0 saturated heterocycles. The molecule has 4 heteroatoms. The standard InChI is InChI=1S/C19H30N2O.ClH/c1-14(2)12-19(3,13-20)21-18(22)11-15-8-9-16-6-4-5-7-17(16)10-15;/h4-7,14-15H,8-13,20H2,1-3H3,(H,21,22);1H. The lowest BCUT2D eigenvalue weighted by molar-refractivity contribution is -0.124. The number of halogens is 1. The number of nitrogens with two attached hydrogens (primary N) is 1. The molecule has 2 unspecified atom stereocenters. The van der Waals surface area contributed by atoms with Crippen LogP contribution in [0.1, 0.15) is 51.2 Å². The molecule has 1 amide bonds. The van der Waals surface area contributed by atoms with Crippen LogP contribution in [-0.2, 0) is 17.6 Å². The fourth-order valence-electron chi connectivity index (χ4n) is 3.68. The molecule has 3 nitrogen and oxygen atoms in total. The first-order chi connectivity index (χ1) is 10.4. The van der Waals surface area contributed by atoms with Gasteiger partial charge in [0.2, 0.25) is 5.91 Å². The maximum Gasteiger partial charge on any atom is 0.220 e. The number of hydrogen-bond donors (Lipinski definition) is 2. The lowest BCUT2D eigenvalue weighted by atomic mass is 9.82. The van der Waals surface area contributed by atoms with Crippen molar-refractivity contribution in [1.29, 1.82) is 0 Å². The van der Waals surface area contributed by atoms with Gasteiger partial charge in [-0.2, -0.15) is 0 Å². The van der Waals surface area contributed by atoms with Crippen molar-refractivity contribution in [3.63, 3.8) is 0 Å². The Balaban J connectivity index is 0.00000264. The molecule has 0 saturated carbocycles. The molecule has 0 heterocycles. The third kappa shape index (κ3) is 5.82. The van der Waals surface area contributed by atoms with E-state index in [1.165, 1.54) is 11.1 Å². The lowest BCUT2D eigenvalue weighted by Crippen LogP contribution is -2.52. The summed E-state index contributed by atoms with van der Waals surface area (Å²) in [5.74, 6) is 1.13. The molecule has 2 atom stereocenters. The van der Waals surface area contributed by atoms with Gasteiger partial charge in [-0.15, -0.1) is 12.4 Å². The molecule has 3 N–H and O–H groups in total. The zero-order valence-electron chi connectivity index (χ0n) is 14.6. The average Bonchev–Trinajstić information content (AvgIpc) is 2.46. The fourth-order valence-corrected chi connectivity index (χ4v) is 3.68. The molecule has 0 radical (unpaired) electrons. The molecule has 130 valence electrons. The molecule has 2 rings (SSSR count). The summed E-state index contributed by atoms with van der Waals surface area (Å²) in [4.78, 5) is 12.4.